The summed E-state index contributed by atoms with van der Waals surface area (Å²) in [5.41, 5.74) is 12.6. The minimum absolute atomic E-state index is 0.824. The number of aromatic nitrogens is 1. The summed E-state index contributed by atoms with van der Waals surface area (Å²) < 4.78 is 9.11. The first-order chi connectivity index (χ1) is 29.1. The van der Waals surface area contributed by atoms with Crippen molar-refractivity contribution in [3.8, 4) is 28.3 Å². The van der Waals surface area contributed by atoms with Crippen LogP contribution in [-0.2, 0) is 6.42 Å². The molecule has 282 valence electrons. The monoisotopic (exact) mass is 759 g/mol. The molecule has 59 heavy (non-hydrogen) atoms. The fourth-order valence-electron chi connectivity index (χ4n) is 9.03. The molecule has 0 saturated carbocycles. The highest BCUT2D eigenvalue weighted by Crippen LogP contribution is 2.55. The maximum Gasteiger partial charge on any atom is 0.178 e. The van der Waals surface area contributed by atoms with Gasteiger partial charge in [-0.05, 0) is 142 Å². The molecule has 10 aromatic rings. The standard InChI is InChI=1S/C55H41N3O/c1-3-38-27-28-45(36-50(38)46-19-9-7-15-37(46)2)56(44-33-34-48-40(35-44)26-25-39-16-8-10-20-47(39)48)42-29-31-43(32-30-42)58-52-23-13-14-24-53(52)59-54-49-21-11-12-22-51(49)57(55(54)58)41-17-5-4-6-18-41/h4-36H,3H2,1-2H3. The van der Waals surface area contributed by atoms with Crippen molar-refractivity contribution in [1.82, 2.24) is 4.57 Å². The zero-order valence-electron chi connectivity index (χ0n) is 33.0. The number of ether oxygens (including phenoxy) is 1. The molecular formula is C55H41N3O. The number of rotatable bonds is 7. The van der Waals surface area contributed by atoms with Crippen LogP contribution in [0.2, 0.25) is 0 Å². The third kappa shape index (κ3) is 5.75. The molecule has 0 spiro atoms. The molecule has 0 atom stereocenters. The molecule has 0 unspecified atom stereocenters. The van der Waals surface area contributed by atoms with Crippen molar-refractivity contribution in [2.75, 3.05) is 9.80 Å². The number of hydrogen-bond acceptors (Lipinski definition) is 3. The molecule has 0 amide bonds. The first kappa shape index (κ1) is 34.7. The first-order valence-corrected chi connectivity index (χ1v) is 20.4. The zero-order chi connectivity index (χ0) is 39.5. The van der Waals surface area contributed by atoms with E-state index in [1.165, 1.54) is 43.8 Å². The van der Waals surface area contributed by atoms with Gasteiger partial charge in [0.25, 0.3) is 0 Å². The second kappa shape index (κ2) is 14.1. The molecule has 1 aliphatic heterocycles. The Balaban J connectivity index is 1.10. The summed E-state index contributed by atoms with van der Waals surface area (Å²) in [4.78, 5) is 4.75. The largest absolute Gasteiger partial charge is 0.451 e. The average Bonchev–Trinajstić information content (AvgIpc) is 3.62. The molecule has 0 bridgehead atoms. The van der Waals surface area contributed by atoms with Crippen molar-refractivity contribution in [2.45, 2.75) is 20.3 Å². The lowest BCUT2D eigenvalue weighted by molar-refractivity contribution is 0.481. The molecule has 0 aliphatic carbocycles. The number of hydrogen-bond donors (Lipinski definition) is 0. The third-order valence-corrected chi connectivity index (χ3v) is 11.9. The Morgan fingerprint density at radius 2 is 1.15 bits per heavy atom. The van der Waals surface area contributed by atoms with E-state index in [-0.39, 0.29) is 0 Å². The molecule has 2 heterocycles. The van der Waals surface area contributed by atoms with Crippen LogP contribution >= 0.6 is 0 Å². The highest BCUT2D eigenvalue weighted by atomic mass is 16.5. The van der Waals surface area contributed by atoms with Crippen molar-refractivity contribution in [3.63, 3.8) is 0 Å². The quantitative estimate of drug-likeness (QED) is 0.151. The van der Waals surface area contributed by atoms with Crippen LogP contribution in [0.4, 0.5) is 34.3 Å². The van der Waals surface area contributed by atoms with E-state index in [4.69, 9.17) is 4.74 Å². The number of nitrogens with zero attached hydrogens (tertiary/aromatic N) is 3. The van der Waals surface area contributed by atoms with Crippen molar-refractivity contribution >= 4 is 66.7 Å². The molecule has 0 N–H and O–H groups in total. The van der Waals surface area contributed by atoms with Gasteiger partial charge in [0.1, 0.15) is 0 Å². The van der Waals surface area contributed by atoms with Crippen LogP contribution in [0.3, 0.4) is 0 Å². The van der Waals surface area contributed by atoms with E-state index in [0.717, 1.165) is 68.8 Å². The second-order valence-corrected chi connectivity index (χ2v) is 15.3. The minimum atomic E-state index is 0.824. The average molecular weight is 760 g/mol. The number of benzene rings is 9. The summed E-state index contributed by atoms with van der Waals surface area (Å²) in [5.74, 6) is 2.64. The van der Waals surface area contributed by atoms with Crippen LogP contribution in [0.1, 0.15) is 18.1 Å². The number of fused-ring (bicyclic) bond motifs is 7. The first-order valence-electron chi connectivity index (χ1n) is 20.4. The summed E-state index contributed by atoms with van der Waals surface area (Å²) in [6.45, 7) is 4.45. The summed E-state index contributed by atoms with van der Waals surface area (Å²) in [7, 11) is 0. The van der Waals surface area contributed by atoms with Gasteiger partial charge in [0.15, 0.2) is 17.3 Å². The van der Waals surface area contributed by atoms with Gasteiger partial charge in [0.2, 0.25) is 0 Å². The molecule has 11 rings (SSSR count). The van der Waals surface area contributed by atoms with E-state index in [1.807, 2.05) is 6.07 Å². The SMILES string of the molecule is CCc1ccc(N(c2ccc(N3c4ccccc4Oc4c3n(-c3ccccc3)c3ccccc43)cc2)c2ccc3c(ccc4ccccc43)c2)cc1-c1ccccc1C. The molecule has 4 nitrogen and oxygen atoms in total. The van der Waals surface area contributed by atoms with Crippen LogP contribution in [0.25, 0.3) is 49.3 Å². The van der Waals surface area contributed by atoms with Crippen LogP contribution in [0.5, 0.6) is 11.5 Å². The van der Waals surface area contributed by atoms with Crippen LogP contribution in [0, 0.1) is 6.92 Å². The van der Waals surface area contributed by atoms with Crippen molar-refractivity contribution in [2.24, 2.45) is 0 Å². The molecule has 4 heteroatoms. The Morgan fingerprint density at radius 3 is 2.00 bits per heavy atom. The van der Waals surface area contributed by atoms with Gasteiger partial charge in [-0.3, -0.25) is 9.47 Å². The van der Waals surface area contributed by atoms with E-state index < -0.39 is 0 Å². The highest BCUT2D eigenvalue weighted by Gasteiger charge is 2.33. The van der Waals surface area contributed by atoms with Crippen LogP contribution < -0.4 is 14.5 Å². The lowest BCUT2D eigenvalue weighted by Crippen LogP contribution is -2.18. The maximum absolute atomic E-state index is 6.79. The molecule has 9 aromatic carbocycles. The van der Waals surface area contributed by atoms with E-state index in [0.29, 0.717) is 0 Å². The Morgan fingerprint density at radius 1 is 0.492 bits per heavy atom. The lowest BCUT2D eigenvalue weighted by atomic mass is 9.94. The Bertz CT molecular complexity index is 3200. The van der Waals surface area contributed by atoms with Crippen molar-refractivity contribution in [3.05, 3.63) is 211 Å². The number of aryl methyl sites for hydroxylation is 2. The molecule has 0 fully saturated rings. The van der Waals surface area contributed by atoms with Gasteiger partial charge in [-0.25, -0.2) is 0 Å². The third-order valence-electron chi connectivity index (χ3n) is 11.9. The Kier molecular flexibility index (Phi) is 8.30. The lowest BCUT2D eigenvalue weighted by Gasteiger charge is -2.33. The maximum atomic E-state index is 6.79. The molecule has 1 aliphatic rings. The van der Waals surface area contributed by atoms with Gasteiger partial charge in [-0.15, -0.1) is 0 Å². The summed E-state index contributed by atoms with van der Waals surface area (Å²) >= 11 is 0. The summed E-state index contributed by atoms with van der Waals surface area (Å²) in [6.07, 6.45) is 0.949. The van der Waals surface area contributed by atoms with Crippen LogP contribution in [-0.4, -0.2) is 4.57 Å². The summed E-state index contributed by atoms with van der Waals surface area (Å²) in [6, 6.07) is 72.1. The van der Waals surface area contributed by atoms with Gasteiger partial charge >= 0.3 is 0 Å². The van der Waals surface area contributed by atoms with Gasteiger partial charge < -0.3 is 9.64 Å². The predicted molar refractivity (Wildman–Crippen MR) is 247 cm³/mol. The molecule has 1 aromatic heterocycles. The molecule has 0 saturated heterocycles. The zero-order valence-corrected chi connectivity index (χ0v) is 33.0. The van der Waals surface area contributed by atoms with E-state index >= 15 is 0 Å². The summed E-state index contributed by atoms with van der Waals surface area (Å²) in [5, 5.41) is 6.03. The minimum Gasteiger partial charge on any atom is -0.451 e. The molecular weight excluding hydrogens is 719 g/mol. The second-order valence-electron chi connectivity index (χ2n) is 15.3. The van der Waals surface area contributed by atoms with Gasteiger partial charge in [-0.1, -0.05) is 122 Å². The topological polar surface area (TPSA) is 20.6 Å². The van der Waals surface area contributed by atoms with Crippen molar-refractivity contribution < 1.29 is 4.74 Å². The number of anilines is 6. The number of para-hydroxylation sites is 4. The predicted octanol–water partition coefficient (Wildman–Crippen LogP) is 15.5. The van der Waals surface area contributed by atoms with E-state index in [2.05, 4.69) is 222 Å². The van der Waals surface area contributed by atoms with Gasteiger partial charge in [-0.2, -0.15) is 0 Å². The molecule has 0 radical (unpaired) electrons. The Labute approximate surface area is 344 Å². The fourth-order valence-corrected chi connectivity index (χ4v) is 9.03. The van der Waals surface area contributed by atoms with E-state index in [1.54, 1.807) is 0 Å². The fraction of sp³-hybridized carbons (Fsp3) is 0.0545. The smallest absolute Gasteiger partial charge is 0.178 e. The normalized spacial score (nSPS) is 12.1. The highest BCUT2D eigenvalue weighted by molar-refractivity contribution is 6.09. The van der Waals surface area contributed by atoms with E-state index in [9.17, 15) is 0 Å². The Hall–Kier alpha value is -7.56. The van der Waals surface area contributed by atoms with Gasteiger partial charge in [0.05, 0.1) is 11.2 Å². The van der Waals surface area contributed by atoms with Crippen LogP contribution in [0.15, 0.2) is 200 Å². The van der Waals surface area contributed by atoms with Gasteiger partial charge in [0, 0.05) is 33.8 Å². The van der Waals surface area contributed by atoms with Crippen molar-refractivity contribution in [1.29, 1.82) is 0 Å².